The standard InChI is InChI=1S/C34H42O8/c1-35-27-14-11-22(17-30(27)38-4)9-8-10-23-18-26(33(41-7)24-12-15-28(36-2)31(19-24)39-5)21-42-34(23)25-13-16-29(37-3)32(20-25)40-6/h8-9,11-17,19-20,23,26,33-34H,10,18,21H2,1-7H3/b9-8+/t23-,26-,33+,34-/m1/s1. The molecule has 0 radical (unpaired) electrons. The lowest BCUT2D eigenvalue weighted by Crippen LogP contribution is -2.33. The third kappa shape index (κ3) is 6.94. The van der Waals surface area contributed by atoms with Crippen molar-refractivity contribution in [1.29, 1.82) is 0 Å². The molecule has 1 heterocycles. The normalized spacial score (nSPS) is 19.3. The first-order valence-corrected chi connectivity index (χ1v) is 14.0. The molecule has 1 saturated heterocycles. The molecule has 0 aliphatic carbocycles. The molecule has 226 valence electrons. The van der Waals surface area contributed by atoms with E-state index in [1.165, 1.54) is 0 Å². The maximum Gasteiger partial charge on any atom is 0.161 e. The van der Waals surface area contributed by atoms with Crippen molar-refractivity contribution in [3.8, 4) is 34.5 Å². The SMILES string of the molecule is COc1ccc(/C=C/C[C@@H]2C[C@@H]([C@@H](OC)c3ccc(OC)c(OC)c3)CO[C@H]2c2ccc(OC)c(OC)c2)cc1OC. The number of benzene rings is 3. The molecule has 1 fully saturated rings. The summed E-state index contributed by atoms with van der Waals surface area (Å²) >= 11 is 0. The van der Waals surface area contributed by atoms with Crippen molar-refractivity contribution in [3.05, 3.63) is 77.4 Å². The van der Waals surface area contributed by atoms with Crippen LogP contribution in [-0.2, 0) is 9.47 Å². The zero-order valence-electron chi connectivity index (χ0n) is 25.5. The fraction of sp³-hybridized carbons (Fsp3) is 0.412. The summed E-state index contributed by atoms with van der Waals surface area (Å²) in [6, 6.07) is 17.8. The van der Waals surface area contributed by atoms with Gasteiger partial charge in [-0.2, -0.15) is 0 Å². The van der Waals surface area contributed by atoms with E-state index in [1.807, 2.05) is 48.5 Å². The Hall–Kier alpha value is -3.88. The summed E-state index contributed by atoms with van der Waals surface area (Å²) in [7, 11) is 11.6. The Bertz CT molecular complexity index is 1340. The van der Waals surface area contributed by atoms with Crippen LogP contribution in [0.3, 0.4) is 0 Å². The van der Waals surface area contributed by atoms with E-state index in [9.17, 15) is 0 Å². The van der Waals surface area contributed by atoms with Crippen LogP contribution in [-0.4, -0.2) is 56.4 Å². The molecule has 1 aliphatic heterocycles. The number of hydrogen-bond donors (Lipinski definition) is 0. The van der Waals surface area contributed by atoms with Gasteiger partial charge in [0.15, 0.2) is 34.5 Å². The van der Waals surface area contributed by atoms with Gasteiger partial charge in [0.1, 0.15) is 0 Å². The van der Waals surface area contributed by atoms with Crippen LogP contribution in [0.5, 0.6) is 34.5 Å². The van der Waals surface area contributed by atoms with Gasteiger partial charge in [-0.15, -0.1) is 0 Å². The lowest BCUT2D eigenvalue weighted by molar-refractivity contribution is -0.0983. The first kappa shape index (κ1) is 31.1. The van der Waals surface area contributed by atoms with E-state index in [4.69, 9.17) is 37.9 Å². The highest BCUT2D eigenvalue weighted by Gasteiger charge is 2.37. The van der Waals surface area contributed by atoms with Crippen molar-refractivity contribution in [2.24, 2.45) is 11.8 Å². The highest BCUT2D eigenvalue weighted by Crippen LogP contribution is 2.45. The Morgan fingerprint density at radius 3 is 1.88 bits per heavy atom. The smallest absolute Gasteiger partial charge is 0.161 e. The fourth-order valence-electron chi connectivity index (χ4n) is 5.74. The van der Waals surface area contributed by atoms with Gasteiger partial charge in [-0.25, -0.2) is 0 Å². The number of allylic oxidation sites excluding steroid dienone is 1. The number of ether oxygens (including phenoxy) is 8. The Balaban J connectivity index is 1.62. The third-order valence-corrected chi connectivity index (χ3v) is 7.83. The summed E-state index contributed by atoms with van der Waals surface area (Å²) in [5.41, 5.74) is 3.10. The summed E-state index contributed by atoms with van der Waals surface area (Å²) in [5.74, 6) is 4.43. The van der Waals surface area contributed by atoms with Crippen LogP contribution >= 0.6 is 0 Å². The number of hydrogen-bond acceptors (Lipinski definition) is 8. The van der Waals surface area contributed by atoms with E-state index in [-0.39, 0.29) is 24.0 Å². The van der Waals surface area contributed by atoms with E-state index in [0.717, 1.165) is 29.5 Å². The van der Waals surface area contributed by atoms with Crippen LogP contribution in [0, 0.1) is 11.8 Å². The van der Waals surface area contributed by atoms with E-state index < -0.39 is 0 Å². The molecule has 4 atom stereocenters. The molecular weight excluding hydrogens is 536 g/mol. The molecule has 8 nitrogen and oxygen atoms in total. The molecule has 0 amide bonds. The van der Waals surface area contributed by atoms with Crippen LogP contribution in [0.25, 0.3) is 6.08 Å². The maximum absolute atomic E-state index is 6.63. The lowest BCUT2D eigenvalue weighted by atomic mass is 9.79. The van der Waals surface area contributed by atoms with Gasteiger partial charge in [0.25, 0.3) is 0 Å². The molecule has 0 N–H and O–H groups in total. The molecule has 1 aliphatic rings. The predicted molar refractivity (Wildman–Crippen MR) is 162 cm³/mol. The van der Waals surface area contributed by atoms with Crippen LogP contribution in [0.1, 0.15) is 41.7 Å². The fourth-order valence-corrected chi connectivity index (χ4v) is 5.74. The molecule has 0 unspecified atom stereocenters. The van der Waals surface area contributed by atoms with Crippen molar-refractivity contribution in [3.63, 3.8) is 0 Å². The summed E-state index contributed by atoms with van der Waals surface area (Å²) in [6.45, 7) is 0.543. The summed E-state index contributed by atoms with van der Waals surface area (Å²) in [4.78, 5) is 0. The quantitative estimate of drug-likeness (QED) is 0.216. The molecule has 3 aromatic carbocycles. The van der Waals surface area contributed by atoms with E-state index in [1.54, 1.807) is 49.8 Å². The van der Waals surface area contributed by atoms with Crippen LogP contribution < -0.4 is 28.4 Å². The van der Waals surface area contributed by atoms with Gasteiger partial charge in [0.05, 0.1) is 61.5 Å². The van der Waals surface area contributed by atoms with Gasteiger partial charge in [-0.3, -0.25) is 0 Å². The van der Waals surface area contributed by atoms with Crippen molar-refractivity contribution in [2.45, 2.75) is 25.0 Å². The van der Waals surface area contributed by atoms with Crippen LogP contribution in [0.4, 0.5) is 0 Å². The lowest BCUT2D eigenvalue weighted by Gasteiger charge is -2.39. The zero-order valence-corrected chi connectivity index (χ0v) is 25.5. The molecule has 0 spiro atoms. The Labute approximate surface area is 249 Å². The first-order valence-electron chi connectivity index (χ1n) is 14.0. The number of rotatable bonds is 13. The average molecular weight is 579 g/mol. The van der Waals surface area contributed by atoms with Crippen molar-refractivity contribution < 1.29 is 37.9 Å². The second-order valence-corrected chi connectivity index (χ2v) is 10.1. The number of methoxy groups -OCH3 is 7. The third-order valence-electron chi connectivity index (χ3n) is 7.83. The van der Waals surface area contributed by atoms with Gasteiger partial charge < -0.3 is 37.9 Å². The Morgan fingerprint density at radius 2 is 1.26 bits per heavy atom. The van der Waals surface area contributed by atoms with Crippen molar-refractivity contribution >= 4 is 6.08 Å². The molecular formula is C34H42O8. The minimum absolute atomic E-state index is 0.126. The molecule has 0 aromatic heterocycles. The predicted octanol–water partition coefficient (Wildman–Crippen LogP) is 6.92. The van der Waals surface area contributed by atoms with Gasteiger partial charge in [-0.05, 0) is 71.8 Å². The minimum Gasteiger partial charge on any atom is -0.493 e. The van der Waals surface area contributed by atoms with E-state index in [2.05, 4.69) is 18.2 Å². The molecule has 0 saturated carbocycles. The summed E-state index contributed by atoms with van der Waals surface area (Å²) in [5, 5.41) is 0. The Kier molecular flexibility index (Phi) is 11.0. The second kappa shape index (κ2) is 14.8. The van der Waals surface area contributed by atoms with Gasteiger partial charge in [-0.1, -0.05) is 30.4 Å². The van der Waals surface area contributed by atoms with Crippen molar-refractivity contribution in [2.75, 3.05) is 56.4 Å². The monoisotopic (exact) mass is 578 g/mol. The summed E-state index contributed by atoms with van der Waals surface area (Å²) in [6.07, 6.45) is 5.70. The second-order valence-electron chi connectivity index (χ2n) is 10.1. The topological polar surface area (TPSA) is 73.8 Å². The molecule has 42 heavy (non-hydrogen) atoms. The van der Waals surface area contributed by atoms with Gasteiger partial charge in [0.2, 0.25) is 0 Å². The van der Waals surface area contributed by atoms with Gasteiger partial charge in [0, 0.05) is 13.0 Å². The summed E-state index contributed by atoms with van der Waals surface area (Å²) < 4.78 is 45.6. The zero-order chi connectivity index (χ0) is 30.1. The highest BCUT2D eigenvalue weighted by atomic mass is 16.5. The van der Waals surface area contributed by atoms with Gasteiger partial charge >= 0.3 is 0 Å². The molecule has 3 aromatic rings. The maximum atomic E-state index is 6.63. The Morgan fingerprint density at radius 1 is 0.690 bits per heavy atom. The highest BCUT2D eigenvalue weighted by molar-refractivity contribution is 5.56. The van der Waals surface area contributed by atoms with Crippen LogP contribution in [0.2, 0.25) is 0 Å². The van der Waals surface area contributed by atoms with E-state index in [0.29, 0.717) is 41.1 Å². The molecule has 4 rings (SSSR count). The van der Waals surface area contributed by atoms with Crippen LogP contribution in [0.15, 0.2) is 60.7 Å². The first-order chi connectivity index (χ1) is 20.5. The minimum atomic E-state index is -0.173. The molecule has 8 heteroatoms. The largest absolute Gasteiger partial charge is 0.493 e. The molecule has 0 bridgehead atoms. The van der Waals surface area contributed by atoms with E-state index >= 15 is 0 Å². The van der Waals surface area contributed by atoms with Crippen molar-refractivity contribution in [1.82, 2.24) is 0 Å². The average Bonchev–Trinajstić information content (AvgIpc) is 3.04.